The zero-order valence-electron chi connectivity index (χ0n) is 7.99. The van der Waals surface area contributed by atoms with E-state index in [-0.39, 0.29) is 0 Å². The van der Waals surface area contributed by atoms with E-state index >= 15 is 0 Å². The van der Waals surface area contributed by atoms with Gasteiger partial charge in [-0.2, -0.15) is 0 Å². The second-order valence-corrected chi connectivity index (χ2v) is 3.41. The van der Waals surface area contributed by atoms with Crippen LogP contribution in [0.1, 0.15) is 24.6 Å². The summed E-state index contributed by atoms with van der Waals surface area (Å²) in [5, 5.41) is 3.79. The van der Waals surface area contributed by atoms with Gasteiger partial charge in [0.1, 0.15) is 0 Å². The maximum Gasteiger partial charge on any atom is 0.254 e. The van der Waals surface area contributed by atoms with E-state index in [1.54, 1.807) is 7.11 Å². The van der Waals surface area contributed by atoms with Crippen LogP contribution in [0, 0.1) is 0 Å². The molecule has 0 N–H and O–H groups in total. The third-order valence-electron chi connectivity index (χ3n) is 2.56. The summed E-state index contributed by atoms with van der Waals surface area (Å²) >= 11 is 0. The fraction of sp³-hybridized carbons (Fsp3) is 0.667. The molecule has 0 saturated carbocycles. The molecule has 0 radical (unpaired) electrons. The van der Waals surface area contributed by atoms with Gasteiger partial charge in [0.25, 0.3) is 5.88 Å². The maximum atomic E-state index is 5.19. The third kappa shape index (κ3) is 1.54. The summed E-state index contributed by atoms with van der Waals surface area (Å²) in [6.07, 6.45) is 2.37. The van der Waals surface area contributed by atoms with Crippen molar-refractivity contribution in [1.82, 2.24) is 10.1 Å². The lowest BCUT2D eigenvalue weighted by molar-refractivity contribution is 0.246. The van der Waals surface area contributed by atoms with E-state index in [1.807, 2.05) is 6.07 Å². The summed E-state index contributed by atoms with van der Waals surface area (Å²) in [5.74, 6) is 1.48. The molecule has 13 heavy (non-hydrogen) atoms. The molecular formula is C9H14N2O2. The summed E-state index contributed by atoms with van der Waals surface area (Å²) in [4.78, 5) is 2.28. The van der Waals surface area contributed by atoms with Gasteiger partial charge in [-0.15, -0.1) is 0 Å². The molecule has 0 amide bonds. The quantitative estimate of drug-likeness (QED) is 0.694. The summed E-state index contributed by atoms with van der Waals surface area (Å²) in [6, 6.07) is 2.25. The van der Waals surface area contributed by atoms with E-state index < -0.39 is 0 Å². The Morgan fingerprint density at radius 1 is 1.69 bits per heavy atom. The van der Waals surface area contributed by atoms with Crippen molar-refractivity contribution in [3.05, 3.63) is 11.8 Å². The first-order chi connectivity index (χ1) is 6.31. The summed E-state index contributed by atoms with van der Waals surface area (Å²) < 4.78 is 10.2. The van der Waals surface area contributed by atoms with Gasteiger partial charge in [-0.05, 0) is 31.6 Å². The highest BCUT2D eigenvalue weighted by Gasteiger charge is 2.26. The van der Waals surface area contributed by atoms with Crippen LogP contribution in [-0.4, -0.2) is 30.8 Å². The number of rotatable bonds is 2. The number of hydrogen-bond acceptors (Lipinski definition) is 4. The highest BCUT2D eigenvalue weighted by molar-refractivity contribution is 5.14. The Morgan fingerprint density at radius 3 is 3.08 bits per heavy atom. The normalized spacial score (nSPS) is 23.7. The van der Waals surface area contributed by atoms with Crippen LogP contribution in [-0.2, 0) is 0 Å². The highest BCUT2D eigenvalue weighted by atomic mass is 16.5. The molecule has 0 unspecified atom stereocenters. The lowest BCUT2D eigenvalue weighted by Crippen LogP contribution is -2.16. The first-order valence-corrected chi connectivity index (χ1v) is 4.52. The fourth-order valence-corrected chi connectivity index (χ4v) is 1.80. The standard InChI is InChI=1S/C9H14N2O2/c1-11-5-3-4-7(11)8-6-9(12-2)10-13-8/h6-7H,3-5H2,1-2H3/t7-/m0/s1. The van der Waals surface area contributed by atoms with Crippen LogP contribution in [0.25, 0.3) is 0 Å². The summed E-state index contributed by atoms with van der Waals surface area (Å²) in [7, 11) is 3.70. The highest BCUT2D eigenvalue weighted by Crippen LogP contribution is 2.31. The van der Waals surface area contributed by atoms with Gasteiger partial charge in [-0.1, -0.05) is 0 Å². The topological polar surface area (TPSA) is 38.5 Å². The molecule has 1 saturated heterocycles. The van der Waals surface area contributed by atoms with Crippen molar-refractivity contribution in [1.29, 1.82) is 0 Å². The van der Waals surface area contributed by atoms with Crippen LogP contribution >= 0.6 is 0 Å². The van der Waals surface area contributed by atoms with E-state index in [0.717, 1.165) is 18.7 Å². The minimum atomic E-state index is 0.386. The van der Waals surface area contributed by atoms with E-state index in [1.165, 1.54) is 6.42 Å². The Hall–Kier alpha value is -1.03. The Labute approximate surface area is 77.5 Å². The van der Waals surface area contributed by atoms with Gasteiger partial charge in [-0.25, -0.2) is 0 Å². The third-order valence-corrected chi connectivity index (χ3v) is 2.56. The van der Waals surface area contributed by atoms with Gasteiger partial charge >= 0.3 is 0 Å². The van der Waals surface area contributed by atoms with Gasteiger partial charge in [0.05, 0.1) is 13.2 Å². The van der Waals surface area contributed by atoms with E-state index in [2.05, 4.69) is 17.1 Å². The monoisotopic (exact) mass is 182 g/mol. The second kappa shape index (κ2) is 3.38. The number of methoxy groups -OCH3 is 1. The molecular weight excluding hydrogens is 168 g/mol. The van der Waals surface area contributed by atoms with Crippen LogP contribution in [0.4, 0.5) is 0 Å². The van der Waals surface area contributed by atoms with Crippen molar-refractivity contribution in [3.8, 4) is 5.88 Å². The zero-order chi connectivity index (χ0) is 9.26. The van der Waals surface area contributed by atoms with Gasteiger partial charge < -0.3 is 9.26 Å². The van der Waals surface area contributed by atoms with E-state index in [4.69, 9.17) is 9.26 Å². The molecule has 1 atom stereocenters. The Kier molecular flexibility index (Phi) is 2.22. The van der Waals surface area contributed by atoms with Crippen molar-refractivity contribution >= 4 is 0 Å². The van der Waals surface area contributed by atoms with Crippen molar-refractivity contribution in [2.24, 2.45) is 0 Å². The number of aromatic nitrogens is 1. The lowest BCUT2D eigenvalue weighted by Gasteiger charge is -2.15. The van der Waals surface area contributed by atoms with Gasteiger partial charge in [0.15, 0.2) is 5.76 Å². The number of likely N-dealkylation sites (tertiary alicyclic amines) is 1. The Balaban J connectivity index is 2.15. The molecule has 1 aromatic heterocycles. The number of hydrogen-bond donors (Lipinski definition) is 0. The SMILES string of the molecule is COc1cc([C@@H]2CCCN2C)on1. The van der Waals surface area contributed by atoms with Crippen molar-refractivity contribution in [2.45, 2.75) is 18.9 Å². The minimum Gasteiger partial charge on any atom is -0.479 e. The van der Waals surface area contributed by atoms with Crippen molar-refractivity contribution < 1.29 is 9.26 Å². The van der Waals surface area contributed by atoms with E-state index in [0.29, 0.717) is 11.9 Å². The molecule has 2 heterocycles. The predicted octanol–water partition coefficient (Wildman–Crippen LogP) is 1.45. The molecule has 1 aliphatic heterocycles. The summed E-state index contributed by atoms with van der Waals surface area (Å²) in [6.45, 7) is 1.13. The van der Waals surface area contributed by atoms with Gasteiger partial charge in [0, 0.05) is 6.07 Å². The first-order valence-electron chi connectivity index (χ1n) is 4.52. The molecule has 2 rings (SSSR count). The van der Waals surface area contributed by atoms with Crippen LogP contribution in [0.2, 0.25) is 0 Å². The van der Waals surface area contributed by atoms with Crippen LogP contribution in [0.15, 0.2) is 10.6 Å². The number of ether oxygens (including phenoxy) is 1. The lowest BCUT2D eigenvalue weighted by atomic mass is 10.2. The van der Waals surface area contributed by atoms with Crippen molar-refractivity contribution in [2.75, 3.05) is 20.7 Å². The second-order valence-electron chi connectivity index (χ2n) is 3.41. The summed E-state index contributed by atoms with van der Waals surface area (Å²) in [5.41, 5.74) is 0. The fourth-order valence-electron chi connectivity index (χ4n) is 1.80. The molecule has 0 aliphatic carbocycles. The molecule has 1 aromatic rings. The zero-order valence-corrected chi connectivity index (χ0v) is 7.99. The largest absolute Gasteiger partial charge is 0.479 e. The van der Waals surface area contributed by atoms with E-state index in [9.17, 15) is 0 Å². The molecule has 1 fully saturated rings. The number of nitrogens with zero attached hydrogens (tertiary/aromatic N) is 2. The smallest absolute Gasteiger partial charge is 0.254 e. The molecule has 72 valence electrons. The average Bonchev–Trinajstić information content (AvgIpc) is 2.71. The molecule has 0 spiro atoms. The Bertz CT molecular complexity index is 285. The molecule has 4 heteroatoms. The average molecular weight is 182 g/mol. The molecule has 1 aliphatic rings. The van der Waals surface area contributed by atoms with Gasteiger partial charge in [-0.3, -0.25) is 4.90 Å². The Morgan fingerprint density at radius 2 is 2.54 bits per heavy atom. The van der Waals surface area contributed by atoms with Crippen LogP contribution < -0.4 is 4.74 Å². The minimum absolute atomic E-state index is 0.386. The van der Waals surface area contributed by atoms with Crippen molar-refractivity contribution in [3.63, 3.8) is 0 Å². The van der Waals surface area contributed by atoms with Gasteiger partial charge in [0.2, 0.25) is 0 Å². The maximum absolute atomic E-state index is 5.19. The van der Waals surface area contributed by atoms with Crippen LogP contribution in [0.3, 0.4) is 0 Å². The molecule has 0 aromatic carbocycles. The predicted molar refractivity (Wildman–Crippen MR) is 47.7 cm³/mol. The molecule has 0 bridgehead atoms. The molecule has 4 nitrogen and oxygen atoms in total. The first kappa shape index (κ1) is 8.56. The van der Waals surface area contributed by atoms with Crippen LogP contribution in [0.5, 0.6) is 5.88 Å².